The number of esters is 1. The predicted octanol–water partition coefficient (Wildman–Crippen LogP) is 2.10. The highest BCUT2D eigenvalue weighted by molar-refractivity contribution is 6.27. The molecule has 0 rings (SSSR count). The van der Waals surface area contributed by atoms with Crippen molar-refractivity contribution in [1.82, 2.24) is 5.32 Å². The topological polar surface area (TPSA) is 55.4 Å². The van der Waals surface area contributed by atoms with E-state index in [-0.39, 0.29) is 17.7 Å². The zero-order valence-corrected chi connectivity index (χ0v) is 11.9. The number of carbonyl (C=O) groups is 2. The number of ether oxygens (including phenoxy) is 1. The summed E-state index contributed by atoms with van der Waals surface area (Å²) in [5, 5.41) is 2.57. The first kappa shape index (κ1) is 16.2. The number of hydrogen-bond donors (Lipinski definition) is 1. The maximum absolute atomic E-state index is 11.9. The van der Waals surface area contributed by atoms with E-state index in [1.807, 2.05) is 13.8 Å². The summed E-state index contributed by atoms with van der Waals surface area (Å²) in [5.74, 6) is -0.645. The molecule has 0 radical (unpaired) electrons. The number of nitrogens with one attached hydrogen (secondary N) is 1. The molecule has 0 heterocycles. The molecule has 0 saturated heterocycles. The fourth-order valence-electron chi connectivity index (χ4n) is 1.29. The number of rotatable bonds is 5. The van der Waals surface area contributed by atoms with Gasteiger partial charge in [-0.25, -0.2) is 4.79 Å². The molecule has 1 N–H and O–H groups in total. The van der Waals surface area contributed by atoms with Crippen molar-refractivity contribution in [2.75, 3.05) is 5.88 Å². The predicted molar refractivity (Wildman–Crippen MR) is 68.0 cm³/mol. The summed E-state index contributed by atoms with van der Waals surface area (Å²) >= 11 is 5.41. The van der Waals surface area contributed by atoms with Crippen molar-refractivity contribution in [3.05, 3.63) is 0 Å². The van der Waals surface area contributed by atoms with E-state index < -0.39 is 17.6 Å². The van der Waals surface area contributed by atoms with Crippen LogP contribution in [0.2, 0.25) is 0 Å². The maximum atomic E-state index is 11.9. The maximum Gasteiger partial charge on any atom is 0.329 e. The summed E-state index contributed by atoms with van der Waals surface area (Å²) in [7, 11) is 0. The Morgan fingerprint density at radius 1 is 1.29 bits per heavy atom. The largest absolute Gasteiger partial charge is 0.458 e. The molecule has 0 bridgehead atoms. The molecule has 4 nitrogen and oxygen atoms in total. The van der Waals surface area contributed by atoms with Gasteiger partial charge in [-0.05, 0) is 33.1 Å². The van der Waals surface area contributed by atoms with Crippen molar-refractivity contribution in [1.29, 1.82) is 0 Å². The van der Waals surface area contributed by atoms with E-state index in [9.17, 15) is 9.59 Å². The third-order valence-electron chi connectivity index (χ3n) is 1.85. The van der Waals surface area contributed by atoms with E-state index in [1.54, 1.807) is 20.8 Å². The van der Waals surface area contributed by atoms with Crippen LogP contribution < -0.4 is 5.32 Å². The second-order valence-electron chi connectivity index (χ2n) is 5.42. The first-order chi connectivity index (χ1) is 7.65. The molecule has 0 fully saturated rings. The van der Waals surface area contributed by atoms with Crippen LogP contribution in [0.4, 0.5) is 0 Å². The van der Waals surface area contributed by atoms with Gasteiger partial charge in [-0.3, -0.25) is 4.79 Å². The lowest BCUT2D eigenvalue weighted by atomic mass is 10.0. The smallest absolute Gasteiger partial charge is 0.329 e. The number of carbonyl (C=O) groups excluding carboxylic acids is 2. The average molecular weight is 264 g/mol. The van der Waals surface area contributed by atoms with Gasteiger partial charge in [0.2, 0.25) is 5.91 Å². The van der Waals surface area contributed by atoms with Gasteiger partial charge < -0.3 is 10.1 Å². The molecule has 0 aromatic heterocycles. The van der Waals surface area contributed by atoms with Crippen LogP contribution in [-0.4, -0.2) is 29.4 Å². The molecule has 0 aromatic rings. The molecule has 1 unspecified atom stereocenters. The van der Waals surface area contributed by atoms with E-state index >= 15 is 0 Å². The second-order valence-corrected chi connectivity index (χ2v) is 5.68. The van der Waals surface area contributed by atoms with Crippen LogP contribution in [0.15, 0.2) is 0 Å². The quantitative estimate of drug-likeness (QED) is 0.610. The lowest BCUT2D eigenvalue weighted by molar-refractivity contribution is -0.159. The molecular weight excluding hydrogens is 242 g/mol. The minimum atomic E-state index is -0.625. The standard InChI is InChI=1S/C12H22ClNO3/c1-8(2)6-9(14-10(15)7-13)11(16)17-12(3,4)5/h8-9H,6-7H2,1-5H3,(H,14,15). The van der Waals surface area contributed by atoms with Gasteiger partial charge in [-0.2, -0.15) is 0 Å². The van der Waals surface area contributed by atoms with Gasteiger partial charge in [-0.1, -0.05) is 13.8 Å². The molecule has 0 aromatic carbocycles. The van der Waals surface area contributed by atoms with Crippen LogP contribution in [0.25, 0.3) is 0 Å². The van der Waals surface area contributed by atoms with Gasteiger partial charge >= 0.3 is 5.97 Å². The van der Waals surface area contributed by atoms with Crippen LogP contribution in [0.5, 0.6) is 0 Å². The summed E-state index contributed by atoms with van der Waals surface area (Å²) in [6, 6.07) is -0.625. The molecule has 0 spiro atoms. The number of amides is 1. The lowest BCUT2D eigenvalue weighted by Gasteiger charge is -2.25. The SMILES string of the molecule is CC(C)CC(NC(=O)CCl)C(=O)OC(C)(C)C. The van der Waals surface area contributed by atoms with E-state index in [1.165, 1.54) is 0 Å². The zero-order valence-electron chi connectivity index (χ0n) is 11.2. The first-order valence-corrected chi connectivity index (χ1v) is 6.27. The Bertz CT molecular complexity index is 271. The van der Waals surface area contributed by atoms with Gasteiger partial charge in [0.25, 0.3) is 0 Å². The Morgan fingerprint density at radius 3 is 2.18 bits per heavy atom. The van der Waals surface area contributed by atoms with Crippen LogP contribution in [-0.2, 0) is 14.3 Å². The molecular formula is C12H22ClNO3. The third kappa shape index (κ3) is 8.02. The van der Waals surface area contributed by atoms with Crippen molar-refractivity contribution in [2.24, 2.45) is 5.92 Å². The van der Waals surface area contributed by atoms with Crippen LogP contribution in [0.1, 0.15) is 41.0 Å². The van der Waals surface area contributed by atoms with Gasteiger partial charge in [-0.15, -0.1) is 11.6 Å². The summed E-state index contributed by atoms with van der Waals surface area (Å²) in [5.41, 5.74) is -0.558. The molecule has 0 aliphatic heterocycles. The Morgan fingerprint density at radius 2 is 1.82 bits per heavy atom. The average Bonchev–Trinajstić information content (AvgIpc) is 2.13. The molecule has 1 amide bonds. The van der Waals surface area contributed by atoms with Gasteiger partial charge in [0.15, 0.2) is 0 Å². The Hall–Kier alpha value is -0.770. The molecule has 0 saturated carbocycles. The summed E-state index contributed by atoms with van der Waals surface area (Å²) in [4.78, 5) is 23.1. The lowest BCUT2D eigenvalue weighted by Crippen LogP contribution is -2.45. The second kappa shape index (κ2) is 6.84. The van der Waals surface area contributed by atoms with E-state index in [0.717, 1.165) is 0 Å². The van der Waals surface area contributed by atoms with Crippen molar-refractivity contribution in [3.8, 4) is 0 Å². The Kier molecular flexibility index (Phi) is 6.53. The van der Waals surface area contributed by atoms with E-state index in [0.29, 0.717) is 6.42 Å². The fraction of sp³-hybridized carbons (Fsp3) is 0.833. The first-order valence-electron chi connectivity index (χ1n) is 5.74. The summed E-state index contributed by atoms with van der Waals surface area (Å²) in [6.45, 7) is 9.33. The highest BCUT2D eigenvalue weighted by atomic mass is 35.5. The van der Waals surface area contributed by atoms with Gasteiger partial charge in [0, 0.05) is 0 Å². The van der Waals surface area contributed by atoms with Crippen LogP contribution >= 0.6 is 11.6 Å². The van der Waals surface area contributed by atoms with Crippen LogP contribution in [0.3, 0.4) is 0 Å². The normalized spacial score (nSPS) is 13.4. The van der Waals surface area contributed by atoms with Crippen molar-refractivity contribution in [3.63, 3.8) is 0 Å². The Labute approximate surface area is 108 Å². The number of hydrogen-bond acceptors (Lipinski definition) is 3. The van der Waals surface area contributed by atoms with Gasteiger partial charge in [0.1, 0.15) is 17.5 Å². The zero-order chi connectivity index (χ0) is 13.6. The van der Waals surface area contributed by atoms with E-state index in [2.05, 4.69) is 5.32 Å². The minimum Gasteiger partial charge on any atom is -0.458 e. The third-order valence-corrected chi connectivity index (χ3v) is 2.10. The van der Waals surface area contributed by atoms with Crippen LogP contribution in [0, 0.1) is 5.92 Å². The number of halogens is 1. The fourth-order valence-corrected chi connectivity index (χ4v) is 1.37. The highest BCUT2D eigenvalue weighted by Crippen LogP contribution is 2.12. The molecule has 100 valence electrons. The Balaban J connectivity index is 4.56. The van der Waals surface area contributed by atoms with Crippen molar-refractivity contribution in [2.45, 2.75) is 52.7 Å². The highest BCUT2D eigenvalue weighted by Gasteiger charge is 2.26. The van der Waals surface area contributed by atoms with Crippen molar-refractivity contribution < 1.29 is 14.3 Å². The molecule has 0 aliphatic carbocycles. The van der Waals surface area contributed by atoms with E-state index in [4.69, 9.17) is 16.3 Å². The minimum absolute atomic E-state index is 0.155. The van der Waals surface area contributed by atoms with Crippen molar-refractivity contribution >= 4 is 23.5 Å². The molecule has 5 heteroatoms. The molecule has 1 atom stereocenters. The summed E-state index contributed by atoms with van der Waals surface area (Å²) < 4.78 is 5.25. The monoisotopic (exact) mass is 263 g/mol. The van der Waals surface area contributed by atoms with Gasteiger partial charge in [0.05, 0.1) is 0 Å². The number of alkyl halides is 1. The summed E-state index contributed by atoms with van der Waals surface area (Å²) in [6.07, 6.45) is 0.539. The molecule has 17 heavy (non-hydrogen) atoms. The molecule has 0 aliphatic rings.